The van der Waals surface area contributed by atoms with Crippen LogP contribution in [0, 0.1) is 0 Å². The van der Waals surface area contributed by atoms with Gasteiger partial charge in [0.15, 0.2) is 0 Å². The van der Waals surface area contributed by atoms with Crippen LogP contribution in [-0.2, 0) is 5.41 Å². The molecule has 0 unspecified atom stereocenters. The molecule has 0 aromatic heterocycles. The summed E-state index contributed by atoms with van der Waals surface area (Å²) in [5, 5.41) is 15.9. The fraction of sp³-hybridized carbons (Fsp3) is 0.0508. The van der Waals surface area contributed by atoms with E-state index in [9.17, 15) is 0 Å². The van der Waals surface area contributed by atoms with E-state index in [0.717, 1.165) is 0 Å². The van der Waals surface area contributed by atoms with Crippen molar-refractivity contribution in [3.8, 4) is 55.6 Å². The number of fused-ring (bicyclic) bond motifs is 3. The fourth-order valence-corrected chi connectivity index (χ4v) is 10.6. The van der Waals surface area contributed by atoms with E-state index in [-0.39, 0.29) is 5.41 Å². The summed E-state index contributed by atoms with van der Waals surface area (Å²) in [7, 11) is 0. The highest BCUT2D eigenvalue weighted by Crippen LogP contribution is 2.51. The Labute approximate surface area is 343 Å². The Morgan fingerprint density at radius 2 is 0.508 bits per heavy atom. The van der Waals surface area contributed by atoms with E-state index < -0.39 is 0 Å². The van der Waals surface area contributed by atoms with Gasteiger partial charge in [0.25, 0.3) is 0 Å². The first-order chi connectivity index (χ1) is 28.9. The smallest absolute Gasteiger partial charge is 0.0159 e. The Balaban J connectivity index is 0.795. The fourth-order valence-electron chi connectivity index (χ4n) is 10.6. The summed E-state index contributed by atoms with van der Waals surface area (Å²) in [6.45, 7) is 4.77. The van der Waals surface area contributed by atoms with Gasteiger partial charge >= 0.3 is 0 Å². The molecule has 274 valence electrons. The van der Waals surface area contributed by atoms with Crippen LogP contribution in [0.3, 0.4) is 0 Å². The molecule has 12 aromatic rings. The second kappa shape index (κ2) is 11.9. The molecule has 0 spiro atoms. The van der Waals surface area contributed by atoms with Crippen LogP contribution >= 0.6 is 0 Å². The topological polar surface area (TPSA) is 0 Å². The molecule has 0 nitrogen and oxygen atoms in total. The number of hydrogen-bond acceptors (Lipinski definition) is 0. The van der Waals surface area contributed by atoms with Gasteiger partial charge in [-0.1, -0.05) is 172 Å². The minimum absolute atomic E-state index is 0.120. The third-order valence-corrected chi connectivity index (χ3v) is 13.7. The zero-order chi connectivity index (χ0) is 39.0. The van der Waals surface area contributed by atoms with Crippen molar-refractivity contribution in [3.05, 3.63) is 205 Å². The lowest BCUT2D eigenvalue weighted by Crippen LogP contribution is -2.15. The first-order valence-electron chi connectivity index (χ1n) is 20.8. The van der Waals surface area contributed by atoms with E-state index >= 15 is 0 Å². The highest BCUT2D eigenvalue weighted by atomic mass is 14.4. The van der Waals surface area contributed by atoms with Crippen LogP contribution in [0.25, 0.3) is 120 Å². The summed E-state index contributed by atoms with van der Waals surface area (Å²) in [5.41, 5.74) is 15.3. The van der Waals surface area contributed by atoms with Crippen molar-refractivity contribution >= 4 is 64.6 Å². The number of benzene rings is 12. The molecule has 13 rings (SSSR count). The van der Waals surface area contributed by atoms with E-state index in [2.05, 4.69) is 208 Å². The van der Waals surface area contributed by atoms with Gasteiger partial charge in [-0.05, 0) is 168 Å². The van der Waals surface area contributed by atoms with E-state index in [1.807, 2.05) is 0 Å². The minimum Gasteiger partial charge on any atom is -0.0610 e. The van der Waals surface area contributed by atoms with Gasteiger partial charge in [0.05, 0.1) is 0 Å². The molecule has 0 saturated carbocycles. The highest BCUT2D eigenvalue weighted by molar-refractivity contribution is 6.25. The maximum absolute atomic E-state index is 2.43. The quantitative estimate of drug-likeness (QED) is 0.157. The molecule has 0 N–H and O–H groups in total. The average molecular weight is 747 g/mol. The second-order valence-electron chi connectivity index (χ2n) is 17.3. The first kappa shape index (κ1) is 32.8. The van der Waals surface area contributed by atoms with Gasteiger partial charge in [0, 0.05) is 5.41 Å². The normalized spacial score (nSPS) is 13.4. The summed E-state index contributed by atoms with van der Waals surface area (Å²) < 4.78 is 0. The minimum atomic E-state index is -0.120. The lowest BCUT2D eigenvalue weighted by Gasteiger charge is -2.22. The standard InChI is InChI=1S/C59H38/c1-59(2)53-33-43(35-9-13-37(14-10-35)49-29-45-21-17-39-5-3-6-40-18-22-46(30-49)57(45)55(39)40)25-27-51(53)52-28-26-44(34-54(52)59)36-11-15-38(16-12-36)50-31-47-23-19-41-7-4-8-42-20-24-48(32-50)58(47)56(41)42/h3-34H,1-2H3. The van der Waals surface area contributed by atoms with Crippen molar-refractivity contribution in [1.82, 2.24) is 0 Å². The molecule has 12 aromatic carbocycles. The highest BCUT2D eigenvalue weighted by Gasteiger charge is 2.36. The van der Waals surface area contributed by atoms with Crippen LogP contribution in [0.2, 0.25) is 0 Å². The summed E-state index contributed by atoms with van der Waals surface area (Å²) in [4.78, 5) is 0. The summed E-state index contributed by atoms with van der Waals surface area (Å²) in [5.74, 6) is 0. The molecule has 59 heavy (non-hydrogen) atoms. The molecule has 1 aliphatic rings. The second-order valence-corrected chi connectivity index (χ2v) is 17.3. The van der Waals surface area contributed by atoms with Crippen LogP contribution in [0.1, 0.15) is 25.0 Å². The molecule has 0 fully saturated rings. The monoisotopic (exact) mass is 746 g/mol. The van der Waals surface area contributed by atoms with E-state index in [1.54, 1.807) is 0 Å². The Bertz CT molecular complexity index is 3290. The van der Waals surface area contributed by atoms with Crippen molar-refractivity contribution in [2.45, 2.75) is 19.3 Å². The van der Waals surface area contributed by atoms with Crippen molar-refractivity contribution < 1.29 is 0 Å². The van der Waals surface area contributed by atoms with Crippen molar-refractivity contribution in [1.29, 1.82) is 0 Å². The van der Waals surface area contributed by atoms with Gasteiger partial charge < -0.3 is 0 Å². The molecular formula is C59H38. The molecule has 0 atom stereocenters. The van der Waals surface area contributed by atoms with Gasteiger partial charge in [-0.3, -0.25) is 0 Å². The Morgan fingerprint density at radius 3 is 0.847 bits per heavy atom. The van der Waals surface area contributed by atoms with Crippen molar-refractivity contribution in [2.24, 2.45) is 0 Å². The molecule has 0 radical (unpaired) electrons. The predicted octanol–water partition coefficient (Wildman–Crippen LogP) is 16.5. The zero-order valence-electron chi connectivity index (χ0n) is 33.0. The maximum Gasteiger partial charge on any atom is 0.0159 e. The average Bonchev–Trinajstić information content (AvgIpc) is 3.51. The third-order valence-electron chi connectivity index (χ3n) is 13.7. The molecule has 0 heterocycles. The van der Waals surface area contributed by atoms with Crippen LogP contribution in [-0.4, -0.2) is 0 Å². The molecule has 1 aliphatic carbocycles. The Morgan fingerprint density at radius 1 is 0.237 bits per heavy atom. The van der Waals surface area contributed by atoms with E-state index in [0.29, 0.717) is 0 Å². The van der Waals surface area contributed by atoms with Gasteiger partial charge in [0.1, 0.15) is 0 Å². The van der Waals surface area contributed by atoms with Crippen molar-refractivity contribution in [2.75, 3.05) is 0 Å². The van der Waals surface area contributed by atoms with Gasteiger partial charge in [0.2, 0.25) is 0 Å². The lowest BCUT2D eigenvalue weighted by molar-refractivity contribution is 0.661. The molecule has 0 saturated heterocycles. The van der Waals surface area contributed by atoms with E-state index in [4.69, 9.17) is 0 Å². The van der Waals surface area contributed by atoms with Gasteiger partial charge in [-0.15, -0.1) is 0 Å². The third kappa shape index (κ3) is 4.78. The van der Waals surface area contributed by atoms with E-state index in [1.165, 1.54) is 131 Å². The molecule has 0 amide bonds. The largest absolute Gasteiger partial charge is 0.0610 e. The maximum atomic E-state index is 2.43. The molecule has 0 heteroatoms. The summed E-state index contributed by atoms with van der Waals surface area (Å²) in [6.07, 6.45) is 0. The van der Waals surface area contributed by atoms with Crippen molar-refractivity contribution in [3.63, 3.8) is 0 Å². The Hall–Kier alpha value is -7.28. The lowest BCUT2D eigenvalue weighted by atomic mass is 9.80. The van der Waals surface area contributed by atoms with Crippen LogP contribution in [0.15, 0.2) is 194 Å². The predicted molar refractivity (Wildman–Crippen MR) is 253 cm³/mol. The molecular weight excluding hydrogens is 709 g/mol. The zero-order valence-corrected chi connectivity index (χ0v) is 33.0. The molecule has 0 bridgehead atoms. The SMILES string of the molecule is CC1(C)c2cc(-c3ccc(-c4cc5ccc6cccc7ccc(c4)c5c67)cc3)ccc2-c2ccc(-c3ccc(-c4cc5ccc6cccc7ccc(c4)c5c67)cc3)cc21. The number of hydrogen-bond donors (Lipinski definition) is 0. The van der Waals surface area contributed by atoms with Gasteiger partial charge in [-0.2, -0.15) is 0 Å². The summed E-state index contributed by atoms with van der Waals surface area (Å²) in [6, 6.07) is 73.3. The van der Waals surface area contributed by atoms with Crippen LogP contribution < -0.4 is 0 Å². The molecule has 0 aliphatic heterocycles. The Kier molecular flexibility index (Phi) is 6.60. The first-order valence-corrected chi connectivity index (χ1v) is 20.8. The van der Waals surface area contributed by atoms with Crippen LogP contribution in [0.5, 0.6) is 0 Å². The van der Waals surface area contributed by atoms with Crippen LogP contribution in [0.4, 0.5) is 0 Å². The number of rotatable bonds is 4. The summed E-state index contributed by atoms with van der Waals surface area (Å²) >= 11 is 0. The van der Waals surface area contributed by atoms with Gasteiger partial charge in [-0.25, -0.2) is 0 Å².